The fraction of sp³-hybridized carbons (Fsp3) is 0.344. The first-order valence-corrected chi connectivity index (χ1v) is 13.4. The summed E-state index contributed by atoms with van der Waals surface area (Å²) in [4.78, 5) is 14.2. The highest BCUT2D eigenvalue weighted by Gasteiger charge is 2.46. The molecule has 244 valence electrons. The molecule has 4 rings (SSSR count). The van der Waals surface area contributed by atoms with Crippen molar-refractivity contribution in [2.45, 2.75) is 56.9 Å². The van der Waals surface area contributed by atoms with Gasteiger partial charge >= 0.3 is 18.6 Å². The Morgan fingerprint density at radius 3 is 2.13 bits per heavy atom. The number of nitrogens with zero attached hydrogens (tertiary/aromatic N) is 1. The Labute approximate surface area is 256 Å². The second kappa shape index (κ2) is 16.1. The molecule has 1 aliphatic rings. The van der Waals surface area contributed by atoms with Crippen LogP contribution in [0, 0.1) is 31.4 Å². The highest BCUT2D eigenvalue weighted by molar-refractivity contribution is 5.75. The van der Waals surface area contributed by atoms with Crippen LogP contribution in [0.5, 0.6) is 5.75 Å². The van der Waals surface area contributed by atoms with Crippen LogP contribution in [-0.2, 0) is 6.54 Å². The molecule has 0 aromatic heterocycles. The largest absolute Gasteiger partial charge is 0.461 e. The zero-order valence-electron chi connectivity index (χ0n) is 24.6. The Hall–Kier alpha value is -4.31. The van der Waals surface area contributed by atoms with Crippen molar-refractivity contribution < 1.29 is 44.7 Å². The quantitative estimate of drug-likeness (QED) is 0.186. The van der Waals surface area contributed by atoms with Crippen LogP contribution in [0.15, 0.2) is 66.7 Å². The van der Waals surface area contributed by atoms with Gasteiger partial charge in [0.25, 0.3) is 5.92 Å². The van der Waals surface area contributed by atoms with Gasteiger partial charge in [0.2, 0.25) is 0 Å². The van der Waals surface area contributed by atoms with Crippen LogP contribution < -0.4 is 15.4 Å². The number of terminal acetylenes is 1. The van der Waals surface area contributed by atoms with Gasteiger partial charge in [-0.1, -0.05) is 42.0 Å². The van der Waals surface area contributed by atoms with Crippen LogP contribution in [0.2, 0.25) is 0 Å². The first kappa shape index (κ1) is 36.9. The number of aryl methyl sites for hydroxylation is 1. The van der Waals surface area contributed by atoms with Gasteiger partial charge in [0.05, 0.1) is 6.04 Å². The molecule has 2 amide bonds. The van der Waals surface area contributed by atoms with Gasteiger partial charge in [-0.3, -0.25) is 0 Å². The van der Waals surface area contributed by atoms with Crippen molar-refractivity contribution in [3.05, 3.63) is 101 Å². The second-order valence-electron chi connectivity index (χ2n) is 10.4. The summed E-state index contributed by atoms with van der Waals surface area (Å²) >= 11 is 0. The second-order valence-corrected chi connectivity index (χ2v) is 10.4. The standard InChI is InChI=1S/C23H23F8N3O2.C7H8.C2H2/c1-34(2)11-14-5-12(3-4-18(14)25)19(33-21(35)32-16-9-22(28,29)10-16)13-6-15(24)8-17(7-13)36-23(30,31)20(26)27;1-7-5-3-2-4-6-7;1-2/h3-8,16,19-20H,9-11H2,1-2H3,(H2,32,33,35);2-6H,1H3;1-2H/t19-;;/m1../s1. The lowest BCUT2D eigenvalue weighted by molar-refractivity contribution is -0.253. The minimum Gasteiger partial charge on any atom is -0.428 e. The van der Waals surface area contributed by atoms with E-state index in [-0.39, 0.29) is 23.2 Å². The molecule has 0 radical (unpaired) electrons. The van der Waals surface area contributed by atoms with Gasteiger partial charge < -0.3 is 20.3 Å². The van der Waals surface area contributed by atoms with E-state index in [0.29, 0.717) is 6.07 Å². The lowest BCUT2D eigenvalue weighted by atomic mass is 9.88. The number of carbonyl (C=O) groups excluding carboxylic acids is 1. The van der Waals surface area contributed by atoms with Crippen LogP contribution in [0.3, 0.4) is 0 Å². The van der Waals surface area contributed by atoms with Gasteiger partial charge in [-0.05, 0) is 56.4 Å². The van der Waals surface area contributed by atoms with E-state index in [1.54, 1.807) is 19.0 Å². The Bertz CT molecular complexity index is 1410. The third-order valence-electron chi connectivity index (χ3n) is 6.27. The summed E-state index contributed by atoms with van der Waals surface area (Å²) in [5, 5.41) is 4.75. The monoisotopic (exact) mass is 643 g/mol. The molecule has 1 aliphatic carbocycles. The van der Waals surface area contributed by atoms with Crippen LogP contribution in [0.25, 0.3) is 0 Å². The van der Waals surface area contributed by atoms with E-state index in [0.717, 1.165) is 18.2 Å². The highest BCUT2D eigenvalue weighted by atomic mass is 19.3. The molecule has 0 heterocycles. The maximum atomic E-state index is 14.3. The van der Waals surface area contributed by atoms with Crippen LogP contribution in [0.4, 0.5) is 39.9 Å². The SMILES string of the molecule is C#C.CN(C)Cc1cc([C@@H](NC(=O)NC2CC(F)(F)C2)c2cc(F)cc(OC(F)(F)C(F)F)c2)ccc1F.Cc1ccccc1. The maximum absolute atomic E-state index is 14.3. The van der Waals surface area contributed by atoms with E-state index < -0.39 is 66.8 Å². The molecule has 3 aromatic rings. The minimum atomic E-state index is -4.92. The summed E-state index contributed by atoms with van der Waals surface area (Å²) in [6.45, 7) is 2.22. The molecular weight excluding hydrogens is 610 g/mol. The summed E-state index contributed by atoms with van der Waals surface area (Å²) in [5.41, 5.74) is 1.48. The number of rotatable bonds is 9. The normalized spacial score (nSPS) is 14.6. The van der Waals surface area contributed by atoms with Gasteiger partial charge in [0.15, 0.2) is 0 Å². The van der Waals surface area contributed by atoms with Gasteiger partial charge in [-0.15, -0.1) is 12.8 Å². The number of amides is 2. The predicted octanol–water partition coefficient (Wildman–Crippen LogP) is 7.69. The molecule has 45 heavy (non-hydrogen) atoms. The van der Waals surface area contributed by atoms with E-state index >= 15 is 0 Å². The lowest BCUT2D eigenvalue weighted by Crippen LogP contribution is -2.53. The third-order valence-corrected chi connectivity index (χ3v) is 6.27. The first-order valence-electron chi connectivity index (χ1n) is 13.4. The fourth-order valence-electron chi connectivity index (χ4n) is 4.26. The number of carbonyl (C=O) groups is 1. The molecule has 13 heteroatoms. The van der Waals surface area contributed by atoms with E-state index in [4.69, 9.17) is 0 Å². The van der Waals surface area contributed by atoms with Crippen molar-refractivity contribution in [1.82, 2.24) is 15.5 Å². The molecule has 3 aromatic carbocycles. The molecule has 0 saturated heterocycles. The smallest absolute Gasteiger partial charge is 0.428 e. The van der Waals surface area contributed by atoms with E-state index in [2.05, 4.69) is 47.3 Å². The van der Waals surface area contributed by atoms with Crippen molar-refractivity contribution >= 4 is 6.03 Å². The zero-order valence-corrected chi connectivity index (χ0v) is 24.6. The number of urea groups is 1. The average molecular weight is 644 g/mol. The number of ether oxygens (including phenoxy) is 1. The number of hydrogen-bond donors (Lipinski definition) is 2. The third kappa shape index (κ3) is 11.6. The summed E-state index contributed by atoms with van der Waals surface area (Å²) in [6, 6.07) is 12.9. The number of halogens is 8. The Balaban J connectivity index is 0.000000679. The van der Waals surface area contributed by atoms with E-state index in [1.807, 2.05) is 18.2 Å². The molecular formula is C32H33F8N3O2. The Morgan fingerprint density at radius 1 is 1.00 bits per heavy atom. The van der Waals surface area contributed by atoms with Crippen LogP contribution in [-0.4, -0.2) is 49.5 Å². The van der Waals surface area contributed by atoms with E-state index in [9.17, 15) is 39.9 Å². The van der Waals surface area contributed by atoms with Gasteiger partial charge in [0.1, 0.15) is 17.4 Å². The summed E-state index contributed by atoms with van der Waals surface area (Å²) in [6.07, 6.45) is -2.30. The Kier molecular flexibility index (Phi) is 13.2. The Morgan fingerprint density at radius 2 is 1.62 bits per heavy atom. The van der Waals surface area contributed by atoms with Crippen molar-refractivity contribution in [3.8, 4) is 18.6 Å². The molecule has 0 aliphatic heterocycles. The summed E-state index contributed by atoms with van der Waals surface area (Å²) in [5.74, 6) is -5.60. The average Bonchev–Trinajstić information content (AvgIpc) is 2.93. The molecule has 1 saturated carbocycles. The first-order chi connectivity index (χ1) is 21.0. The number of nitrogens with one attached hydrogen (secondary N) is 2. The van der Waals surface area contributed by atoms with E-state index in [1.165, 1.54) is 17.7 Å². The van der Waals surface area contributed by atoms with Gasteiger partial charge in [-0.2, -0.15) is 17.6 Å². The minimum absolute atomic E-state index is 0.133. The van der Waals surface area contributed by atoms with Crippen molar-refractivity contribution in [1.29, 1.82) is 0 Å². The topological polar surface area (TPSA) is 53.6 Å². The molecule has 1 atom stereocenters. The predicted molar refractivity (Wildman–Crippen MR) is 154 cm³/mol. The zero-order chi connectivity index (χ0) is 33.9. The molecule has 0 unspecified atom stereocenters. The van der Waals surface area contributed by atoms with Crippen LogP contribution in [0.1, 0.15) is 41.1 Å². The van der Waals surface area contributed by atoms with Gasteiger partial charge in [-0.25, -0.2) is 22.4 Å². The maximum Gasteiger partial charge on any atom is 0.461 e. The van der Waals surface area contributed by atoms with Gasteiger partial charge in [0, 0.05) is 37.1 Å². The van der Waals surface area contributed by atoms with Crippen molar-refractivity contribution in [2.24, 2.45) is 0 Å². The van der Waals surface area contributed by atoms with Crippen LogP contribution >= 0.6 is 0 Å². The molecule has 5 nitrogen and oxygen atoms in total. The molecule has 0 spiro atoms. The lowest BCUT2D eigenvalue weighted by Gasteiger charge is -2.35. The summed E-state index contributed by atoms with van der Waals surface area (Å²) in [7, 11) is 3.34. The number of hydrogen-bond acceptors (Lipinski definition) is 3. The summed E-state index contributed by atoms with van der Waals surface area (Å²) < 4.78 is 111. The highest BCUT2D eigenvalue weighted by Crippen LogP contribution is 2.37. The van der Waals surface area contributed by atoms with Crippen molar-refractivity contribution in [2.75, 3.05) is 14.1 Å². The fourth-order valence-corrected chi connectivity index (χ4v) is 4.26. The van der Waals surface area contributed by atoms with Crippen molar-refractivity contribution in [3.63, 3.8) is 0 Å². The molecule has 1 fully saturated rings. The molecule has 0 bridgehead atoms. The molecule has 2 N–H and O–H groups in total. The number of benzene rings is 3. The number of alkyl halides is 6.